The van der Waals surface area contributed by atoms with Crippen molar-refractivity contribution in [3.05, 3.63) is 76.8 Å². The number of sulfonamides is 1. The van der Waals surface area contributed by atoms with Gasteiger partial charge in [0.25, 0.3) is 0 Å². The number of hydrogen-bond acceptors (Lipinski definition) is 4. The summed E-state index contributed by atoms with van der Waals surface area (Å²) >= 11 is 5.89. The summed E-state index contributed by atoms with van der Waals surface area (Å²) in [5.41, 5.74) is 1.22. The first-order valence-electron chi connectivity index (χ1n) is 8.62. The van der Waals surface area contributed by atoms with Crippen LogP contribution in [-0.2, 0) is 19.6 Å². The molecule has 2 aromatic carbocycles. The molecule has 0 unspecified atom stereocenters. The van der Waals surface area contributed by atoms with E-state index in [1.807, 2.05) is 30.3 Å². The van der Waals surface area contributed by atoms with E-state index in [4.69, 9.17) is 16.3 Å². The van der Waals surface area contributed by atoms with Gasteiger partial charge in [0.1, 0.15) is 0 Å². The van der Waals surface area contributed by atoms with Gasteiger partial charge in [-0.2, -0.15) is 4.31 Å². The van der Waals surface area contributed by atoms with Gasteiger partial charge in [-0.1, -0.05) is 48.0 Å². The predicted molar refractivity (Wildman–Crippen MR) is 104 cm³/mol. The van der Waals surface area contributed by atoms with Gasteiger partial charge in [0.05, 0.1) is 17.5 Å². The van der Waals surface area contributed by atoms with E-state index in [-0.39, 0.29) is 18.0 Å². The number of nitrogens with zero attached hydrogens (tertiary/aromatic N) is 1. The number of ether oxygens (including phenoxy) is 1. The van der Waals surface area contributed by atoms with E-state index in [0.717, 1.165) is 5.56 Å². The van der Waals surface area contributed by atoms with Crippen LogP contribution < -0.4 is 0 Å². The fourth-order valence-corrected chi connectivity index (χ4v) is 4.79. The van der Waals surface area contributed by atoms with Crippen LogP contribution in [0.5, 0.6) is 0 Å². The molecule has 0 amide bonds. The first kappa shape index (κ1) is 19.6. The van der Waals surface area contributed by atoms with Crippen molar-refractivity contribution in [1.82, 2.24) is 4.31 Å². The molecule has 5 nitrogen and oxygen atoms in total. The summed E-state index contributed by atoms with van der Waals surface area (Å²) in [5.74, 6) is -0.486. The summed E-state index contributed by atoms with van der Waals surface area (Å²) in [6.07, 6.45) is 2.16. The van der Waals surface area contributed by atoms with Crippen LogP contribution >= 0.6 is 11.6 Å². The molecule has 27 heavy (non-hydrogen) atoms. The van der Waals surface area contributed by atoms with E-state index in [2.05, 4.69) is 0 Å². The Bertz CT molecular complexity index is 940. The standard InChI is InChI=1S/C20H20ClNO4S/c1-2-26-20(23)16-8-13-19(15-6-4-3-5-7-15)22(14-16)27(24,25)18-11-9-17(21)10-12-18/h3-12,19H,2,13-14H2,1H3/t19-/m1/s1. The molecule has 142 valence electrons. The topological polar surface area (TPSA) is 63.7 Å². The van der Waals surface area contributed by atoms with Crippen molar-refractivity contribution in [2.75, 3.05) is 13.2 Å². The van der Waals surface area contributed by atoms with E-state index in [0.29, 0.717) is 17.0 Å². The van der Waals surface area contributed by atoms with Gasteiger partial charge in [0, 0.05) is 17.1 Å². The Morgan fingerprint density at radius 3 is 2.44 bits per heavy atom. The molecule has 7 heteroatoms. The first-order valence-corrected chi connectivity index (χ1v) is 10.4. The summed E-state index contributed by atoms with van der Waals surface area (Å²) in [5, 5.41) is 0.458. The SMILES string of the molecule is CCOC(=O)C1=CC[C@H](c2ccccc2)N(S(=O)(=O)c2ccc(Cl)cc2)C1. The lowest BCUT2D eigenvalue weighted by atomic mass is 9.98. The fourth-order valence-electron chi connectivity index (χ4n) is 3.06. The number of rotatable bonds is 5. The average molecular weight is 406 g/mol. The monoisotopic (exact) mass is 405 g/mol. The molecule has 0 aliphatic carbocycles. The van der Waals surface area contributed by atoms with E-state index >= 15 is 0 Å². The smallest absolute Gasteiger partial charge is 0.335 e. The summed E-state index contributed by atoms with van der Waals surface area (Å²) in [6.45, 7) is 1.92. The van der Waals surface area contributed by atoms with Crippen molar-refractivity contribution < 1.29 is 17.9 Å². The average Bonchev–Trinajstić information content (AvgIpc) is 2.69. The van der Waals surface area contributed by atoms with Crippen molar-refractivity contribution in [1.29, 1.82) is 0 Å². The fraction of sp³-hybridized carbons (Fsp3) is 0.250. The molecule has 3 rings (SSSR count). The summed E-state index contributed by atoms with van der Waals surface area (Å²) in [7, 11) is -3.83. The highest BCUT2D eigenvalue weighted by molar-refractivity contribution is 7.89. The highest BCUT2D eigenvalue weighted by atomic mass is 35.5. The number of carbonyl (C=O) groups excluding carboxylic acids is 1. The van der Waals surface area contributed by atoms with Crippen molar-refractivity contribution in [3.8, 4) is 0 Å². The van der Waals surface area contributed by atoms with Crippen molar-refractivity contribution in [2.24, 2.45) is 0 Å². The van der Waals surface area contributed by atoms with E-state index < -0.39 is 22.0 Å². The molecule has 0 aromatic heterocycles. The lowest BCUT2D eigenvalue weighted by molar-refractivity contribution is -0.138. The highest BCUT2D eigenvalue weighted by Gasteiger charge is 2.36. The van der Waals surface area contributed by atoms with E-state index in [9.17, 15) is 13.2 Å². The molecule has 0 saturated carbocycles. The molecule has 1 aliphatic heterocycles. The molecule has 2 aromatic rings. The minimum atomic E-state index is -3.83. The van der Waals surface area contributed by atoms with Crippen LogP contribution in [0.25, 0.3) is 0 Å². The molecular weight excluding hydrogens is 386 g/mol. The third kappa shape index (κ3) is 4.24. The maximum absolute atomic E-state index is 13.3. The van der Waals surface area contributed by atoms with Gasteiger partial charge in [0.2, 0.25) is 10.0 Å². The third-order valence-corrected chi connectivity index (χ3v) is 6.52. The number of esters is 1. The lowest BCUT2D eigenvalue weighted by Gasteiger charge is -2.34. The van der Waals surface area contributed by atoms with Gasteiger partial charge >= 0.3 is 5.97 Å². The summed E-state index contributed by atoms with van der Waals surface area (Å²) < 4.78 is 33.0. The second-order valence-corrected chi connectivity index (χ2v) is 8.44. The van der Waals surface area contributed by atoms with Crippen molar-refractivity contribution in [3.63, 3.8) is 0 Å². The second-order valence-electron chi connectivity index (χ2n) is 6.12. The molecular formula is C20H20ClNO4S. The quantitative estimate of drug-likeness (QED) is 0.706. The van der Waals surface area contributed by atoms with Crippen LogP contribution in [0.15, 0.2) is 71.1 Å². The van der Waals surface area contributed by atoms with Crippen LogP contribution in [0.3, 0.4) is 0 Å². The number of carbonyl (C=O) groups is 1. The largest absolute Gasteiger partial charge is 0.463 e. The number of halogens is 1. The zero-order chi connectivity index (χ0) is 19.4. The van der Waals surface area contributed by atoms with E-state index in [1.54, 1.807) is 13.0 Å². The van der Waals surface area contributed by atoms with E-state index in [1.165, 1.54) is 28.6 Å². The van der Waals surface area contributed by atoms with Gasteiger partial charge < -0.3 is 4.74 Å². The Morgan fingerprint density at radius 1 is 1.15 bits per heavy atom. The second kappa shape index (κ2) is 8.25. The Hall–Kier alpha value is -2.15. The normalized spacial score (nSPS) is 18.0. The van der Waals surface area contributed by atoms with Gasteiger partial charge in [-0.05, 0) is 43.2 Å². The number of benzene rings is 2. The zero-order valence-electron chi connectivity index (χ0n) is 14.8. The highest BCUT2D eigenvalue weighted by Crippen LogP contribution is 2.35. The predicted octanol–water partition coefficient (Wildman–Crippen LogP) is 3.97. The Kier molecular flexibility index (Phi) is 5.99. The van der Waals surface area contributed by atoms with Crippen LogP contribution in [0.2, 0.25) is 5.02 Å². The molecule has 0 bridgehead atoms. The van der Waals surface area contributed by atoms with Gasteiger partial charge in [-0.25, -0.2) is 13.2 Å². The third-order valence-electron chi connectivity index (χ3n) is 4.40. The Morgan fingerprint density at radius 2 is 1.81 bits per heavy atom. The van der Waals surface area contributed by atoms with Crippen molar-refractivity contribution >= 4 is 27.6 Å². The molecule has 1 atom stereocenters. The molecule has 0 spiro atoms. The summed E-state index contributed by atoms with van der Waals surface area (Å²) in [6, 6.07) is 15.0. The maximum atomic E-state index is 13.3. The van der Waals surface area contributed by atoms with Gasteiger partial charge in [-0.3, -0.25) is 0 Å². The first-order chi connectivity index (χ1) is 12.9. The maximum Gasteiger partial charge on any atom is 0.335 e. The Labute approximate surface area is 164 Å². The molecule has 1 aliphatic rings. The summed E-state index contributed by atoms with van der Waals surface area (Å²) in [4.78, 5) is 12.3. The van der Waals surface area contributed by atoms with Crippen LogP contribution in [0.1, 0.15) is 24.9 Å². The Balaban J connectivity index is 2.02. The molecule has 0 fully saturated rings. The van der Waals surface area contributed by atoms with Crippen LogP contribution in [0, 0.1) is 0 Å². The molecule has 1 heterocycles. The van der Waals surface area contributed by atoms with Gasteiger partial charge in [0.15, 0.2) is 0 Å². The van der Waals surface area contributed by atoms with Crippen molar-refractivity contribution in [2.45, 2.75) is 24.3 Å². The lowest BCUT2D eigenvalue weighted by Crippen LogP contribution is -2.40. The number of hydrogen-bond donors (Lipinski definition) is 0. The minimum Gasteiger partial charge on any atom is -0.463 e. The van der Waals surface area contributed by atoms with Crippen LogP contribution in [0.4, 0.5) is 0 Å². The molecule has 0 saturated heterocycles. The zero-order valence-corrected chi connectivity index (χ0v) is 16.4. The molecule has 0 N–H and O–H groups in total. The van der Waals surface area contributed by atoms with Crippen LogP contribution in [-0.4, -0.2) is 31.8 Å². The van der Waals surface area contributed by atoms with Gasteiger partial charge in [-0.15, -0.1) is 0 Å². The molecule has 0 radical (unpaired) electrons. The minimum absolute atomic E-state index is 0.0383.